The highest BCUT2D eigenvalue weighted by Crippen LogP contribution is 2.62. The van der Waals surface area contributed by atoms with Crippen molar-refractivity contribution in [3.8, 4) is 0 Å². The highest BCUT2D eigenvalue weighted by Gasteiger charge is 2.57. The molecule has 0 N–H and O–H groups in total. The highest BCUT2D eigenvalue weighted by atomic mass is 79.9. The third-order valence-corrected chi connectivity index (χ3v) is 8.31. The quantitative estimate of drug-likeness (QED) is 0.347. The first-order valence-electron chi connectivity index (χ1n) is 11.6. The Balaban J connectivity index is 0.00000289. The second kappa shape index (κ2) is 9.94. The van der Waals surface area contributed by atoms with E-state index in [4.69, 9.17) is 9.15 Å². The van der Waals surface area contributed by atoms with E-state index >= 15 is 0 Å². The lowest BCUT2D eigenvalue weighted by Gasteiger charge is -2.57. The van der Waals surface area contributed by atoms with E-state index in [-0.39, 0.29) is 33.8 Å². The number of furan rings is 1. The standard InChI is InChI=1S/C27H36NO3.BrH/c1-20-9-12-24-26(2,14-8-15-27(24,3)25(29)30-4)22(20)11-10-21-13-18-31-23(21)19-28-16-6-5-7-17-28;/h5-7,13,16-18,22,24H,1,8-12,14-15,19H2,2-4H3;1H/q+1;/p-1. The first-order chi connectivity index (χ1) is 14.9. The van der Waals surface area contributed by atoms with Crippen LogP contribution >= 0.6 is 0 Å². The Kier molecular flexibility index (Phi) is 7.69. The Hall–Kier alpha value is -1.88. The molecule has 0 aromatic carbocycles. The van der Waals surface area contributed by atoms with Crippen molar-refractivity contribution in [3.05, 3.63) is 66.4 Å². The summed E-state index contributed by atoms with van der Waals surface area (Å²) in [4.78, 5) is 12.8. The zero-order valence-corrected chi connectivity index (χ0v) is 21.2. The van der Waals surface area contributed by atoms with Crippen molar-refractivity contribution in [1.82, 2.24) is 0 Å². The summed E-state index contributed by atoms with van der Waals surface area (Å²) < 4.78 is 13.2. The third-order valence-electron chi connectivity index (χ3n) is 8.31. The van der Waals surface area contributed by atoms with Gasteiger partial charge < -0.3 is 26.1 Å². The van der Waals surface area contributed by atoms with Crippen molar-refractivity contribution in [2.45, 2.75) is 65.3 Å². The number of aromatic nitrogens is 1. The maximum absolute atomic E-state index is 12.8. The van der Waals surface area contributed by atoms with Gasteiger partial charge in [-0.3, -0.25) is 4.79 Å². The van der Waals surface area contributed by atoms with E-state index in [1.807, 2.05) is 24.5 Å². The lowest BCUT2D eigenvalue weighted by molar-refractivity contribution is -0.690. The van der Waals surface area contributed by atoms with Crippen LogP contribution in [0, 0.1) is 22.7 Å². The predicted molar refractivity (Wildman–Crippen MR) is 120 cm³/mol. The Morgan fingerprint density at radius 2 is 2.00 bits per heavy atom. The van der Waals surface area contributed by atoms with Crippen LogP contribution in [0.1, 0.15) is 63.7 Å². The van der Waals surface area contributed by atoms with Gasteiger partial charge in [0.2, 0.25) is 6.54 Å². The number of methoxy groups -OCH3 is 1. The molecule has 0 saturated heterocycles. The van der Waals surface area contributed by atoms with Crippen LogP contribution in [0.5, 0.6) is 0 Å². The summed E-state index contributed by atoms with van der Waals surface area (Å²) in [5.74, 6) is 1.76. The van der Waals surface area contributed by atoms with E-state index in [1.165, 1.54) is 18.2 Å². The summed E-state index contributed by atoms with van der Waals surface area (Å²) in [7, 11) is 1.53. The lowest BCUT2D eigenvalue weighted by Crippen LogP contribution is -3.00. The molecule has 4 rings (SSSR count). The van der Waals surface area contributed by atoms with Crippen molar-refractivity contribution in [2.75, 3.05) is 7.11 Å². The number of fused-ring (bicyclic) bond motifs is 1. The summed E-state index contributed by atoms with van der Waals surface area (Å²) in [6.07, 6.45) is 13.2. The molecule has 0 amide bonds. The average Bonchev–Trinajstić information content (AvgIpc) is 3.20. The first-order valence-corrected chi connectivity index (χ1v) is 11.6. The summed E-state index contributed by atoms with van der Waals surface area (Å²) in [5.41, 5.74) is 2.34. The van der Waals surface area contributed by atoms with E-state index in [0.29, 0.717) is 11.8 Å². The molecule has 0 radical (unpaired) electrons. The summed E-state index contributed by atoms with van der Waals surface area (Å²) in [6, 6.07) is 8.22. The Morgan fingerprint density at radius 3 is 2.72 bits per heavy atom. The van der Waals surface area contributed by atoms with Crippen LogP contribution < -0.4 is 21.5 Å². The van der Waals surface area contributed by atoms with Crippen molar-refractivity contribution in [2.24, 2.45) is 22.7 Å². The largest absolute Gasteiger partial charge is 1.00 e. The van der Waals surface area contributed by atoms with E-state index in [1.54, 1.807) is 0 Å². The molecule has 2 aromatic heterocycles. The number of esters is 1. The predicted octanol–water partition coefficient (Wildman–Crippen LogP) is 2.50. The summed E-state index contributed by atoms with van der Waals surface area (Å²) >= 11 is 0. The Labute approximate surface area is 202 Å². The minimum absolute atomic E-state index is 0. The first kappa shape index (κ1) is 24.8. The molecule has 0 aliphatic heterocycles. The number of carbonyl (C=O) groups is 1. The number of rotatable bonds is 6. The molecule has 2 aromatic rings. The van der Waals surface area contributed by atoms with Crippen molar-refractivity contribution in [3.63, 3.8) is 0 Å². The number of nitrogens with zero attached hydrogens (tertiary/aromatic N) is 1. The number of carbonyl (C=O) groups excluding carboxylic acids is 1. The molecule has 2 heterocycles. The van der Waals surface area contributed by atoms with Gasteiger partial charge in [-0.05, 0) is 68.8 Å². The third kappa shape index (κ3) is 4.46. The van der Waals surface area contributed by atoms with Gasteiger partial charge in [0.25, 0.3) is 0 Å². The molecule has 32 heavy (non-hydrogen) atoms. The van der Waals surface area contributed by atoms with Gasteiger partial charge in [0.1, 0.15) is 0 Å². The van der Waals surface area contributed by atoms with Crippen LogP contribution in [0.4, 0.5) is 0 Å². The van der Waals surface area contributed by atoms with Gasteiger partial charge in [-0.15, -0.1) is 0 Å². The number of hydrogen-bond donors (Lipinski definition) is 0. The Bertz CT molecular complexity index is 939. The molecule has 174 valence electrons. The van der Waals surface area contributed by atoms with Gasteiger partial charge >= 0.3 is 5.97 Å². The Morgan fingerprint density at radius 1 is 1.25 bits per heavy atom. The molecule has 2 fully saturated rings. The van der Waals surface area contributed by atoms with Crippen LogP contribution in [-0.2, 0) is 22.5 Å². The molecule has 0 spiro atoms. The van der Waals surface area contributed by atoms with Crippen molar-refractivity contribution >= 4 is 5.97 Å². The molecule has 4 atom stereocenters. The van der Waals surface area contributed by atoms with E-state index in [0.717, 1.165) is 57.3 Å². The van der Waals surface area contributed by atoms with Crippen LogP contribution in [0.2, 0.25) is 0 Å². The normalized spacial score (nSPS) is 29.7. The molecule has 4 nitrogen and oxygen atoms in total. The highest BCUT2D eigenvalue weighted by molar-refractivity contribution is 5.77. The SMILES string of the molecule is C=C1CCC2C(C)(C(=O)OC)CCCC2(C)C1CCc1ccoc1C[n+]1ccccc1.[Br-]. The maximum atomic E-state index is 12.8. The second-order valence-electron chi connectivity index (χ2n) is 10.0. The van der Waals surface area contributed by atoms with Crippen molar-refractivity contribution < 1.29 is 35.5 Å². The van der Waals surface area contributed by atoms with Gasteiger partial charge in [-0.25, -0.2) is 0 Å². The fourth-order valence-electron chi connectivity index (χ4n) is 6.69. The number of allylic oxidation sites excluding steroid dienone is 1. The molecule has 2 aliphatic rings. The minimum Gasteiger partial charge on any atom is -1.00 e. The molecular weight excluding hydrogens is 466 g/mol. The van der Waals surface area contributed by atoms with Gasteiger partial charge in [0.05, 0.1) is 18.8 Å². The van der Waals surface area contributed by atoms with E-state index < -0.39 is 0 Å². The molecule has 5 heteroatoms. The zero-order valence-electron chi connectivity index (χ0n) is 19.6. The fraction of sp³-hybridized carbons (Fsp3) is 0.556. The second-order valence-corrected chi connectivity index (χ2v) is 10.0. The number of aryl methyl sites for hydroxylation is 1. The number of hydrogen-bond acceptors (Lipinski definition) is 3. The van der Waals surface area contributed by atoms with E-state index in [9.17, 15) is 4.79 Å². The molecular formula is C27H36BrNO3. The van der Waals surface area contributed by atoms with Crippen LogP contribution in [0.15, 0.2) is 59.5 Å². The molecule has 2 aliphatic carbocycles. The molecule has 2 saturated carbocycles. The van der Waals surface area contributed by atoms with Crippen LogP contribution in [0.3, 0.4) is 0 Å². The smallest absolute Gasteiger partial charge is 0.311 e. The van der Waals surface area contributed by atoms with Gasteiger partial charge in [0, 0.05) is 17.7 Å². The van der Waals surface area contributed by atoms with Crippen molar-refractivity contribution in [1.29, 1.82) is 0 Å². The fourth-order valence-corrected chi connectivity index (χ4v) is 6.69. The van der Waals surface area contributed by atoms with Gasteiger partial charge in [0.15, 0.2) is 18.2 Å². The molecule has 4 unspecified atom stereocenters. The summed E-state index contributed by atoms with van der Waals surface area (Å²) in [6.45, 7) is 9.78. The molecule has 0 bridgehead atoms. The average molecular weight is 502 g/mol. The minimum atomic E-state index is -0.383. The number of ether oxygens (including phenoxy) is 1. The topological polar surface area (TPSA) is 43.3 Å². The monoisotopic (exact) mass is 501 g/mol. The number of halogens is 1. The zero-order chi connectivity index (χ0) is 22.1. The van der Waals surface area contributed by atoms with Gasteiger partial charge in [-0.1, -0.05) is 31.6 Å². The van der Waals surface area contributed by atoms with Crippen LogP contribution in [-0.4, -0.2) is 13.1 Å². The number of pyridine rings is 1. The maximum Gasteiger partial charge on any atom is 0.311 e. The van der Waals surface area contributed by atoms with Gasteiger partial charge in [-0.2, -0.15) is 4.57 Å². The van der Waals surface area contributed by atoms with E-state index in [2.05, 4.69) is 43.5 Å². The van der Waals surface area contributed by atoms with Crippen LogP contribution in [0.25, 0.3) is 0 Å². The lowest BCUT2D eigenvalue weighted by atomic mass is 9.46. The summed E-state index contributed by atoms with van der Waals surface area (Å²) in [5, 5.41) is 0.